The summed E-state index contributed by atoms with van der Waals surface area (Å²) in [5.74, 6) is -0.605. The van der Waals surface area contributed by atoms with Gasteiger partial charge >= 0.3 is 0 Å². The number of amides is 1. The summed E-state index contributed by atoms with van der Waals surface area (Å²) in [6, 6.07) is 9.82. The summed E-state index contributed by atoms with van der Waals surface area (Å²) in [6.45, 7) is 0.539. The van der Waals surface area contributed by atoms with E-state index < -0.39 is 5.91 Å². The Morgan fingerprint density at radius 1 is 1.27 bits per heavy atom. The van der Waals surface area contributed by atoms with Gasteiger partial charge in [-0.05, 0) is 35.5 Å². The average molecular weight is 457 g/mol. The molecule has 152 valence electrons. The van der Waals surface area contributed by atoms with Crippen molar-refractivity contribution in [1.82, 2.24) is 25.1 Å². The van der Waals surface area contributed by atoms with Crippen LogP contribution in [0.1, 0.15) is 16.1 Å². The molecule has 0 aliphatic carbocycles. The molecule has 0 radical (unpaired) electrons. The summed E-state index contributed by atoms with van der Waals surface area (Å²) in [5.41, 5.74) is 7.75. The molecule has 3 heterocycles. The molecule has 30 heavy (non-hydrogen) atoms. The highest BCUT2D eigenvalue weighted by Gasteiger charge is 2.21. The van der Waals surface area contributed by atoms with Crippen LogP contribution in [0.4, 0.5) is 0 Å². The van der Waals surface area contributed by atoms with Crippen LogP contribution in [0.5, 0.6) is 0 Å². The number of carbonyl (C=O) groups excluding carboxylic acids is 1. The van der Waals surface area contributed by atoms with Crippen LogP contribution in [-0.4, -0.2) is 38.2 Å². The fourth-order valence-corrected chi connectivity index (χ4v) is 5.08. The molecule has 4 aromatic rings. The van der Waals surface area contributed by atoms with Crippen molar-refractivity contribution in [3.8, 4) is 10.6 Å². The van der Waals surface area contributed by atoms with Crippen LogP contribution in [0.2, 0.25) is 0 Å². The number of primary amides is 1. The van der Waals surface area contributed by atoms with Gasteiger partial charge in [0.25, 0.3) is 5.91 Å². The second-order valence-electron chi connectivity index (χ2n) is 5.96. The second-order valence-corrected chi connectivity index (χ2v) is 8.95. The summed E-state index contributed by atoms with van der Waals surface area (Å²) in [7, 11) is 1.66. The highest BCUT2D eigenvalue weighted by atomic mass is 32.2. The number of thiazole rings is 1. The molecule has 0 bridgehead atoms. The van der Waals surface area contributed by atoms with Crippen LogP contribution < -0.4 is 5.73 Å². The largest absolute Gasteiger partial charge is 0.380 e. The maximum Gasteiger partial charge on any atom is 0.268 e. The zero-order valence-corrected chi connectivity index (χ0v) is 18.2. The molecule has 0 atom stereocenters. The van der Waals surface area contributed by atoms with E-state index in [2.05, 4.69) is 25.1 Å². The molecule has 3 aromatic heterocycles. The molecule has 3 N–H and O–H groups in total. The lowest BCUT2D eigenvalue weighted by Crippen LogP contribution is -2.15. The first-order chi connectivity index (χ1) is 14.6. The Bertz CT molecular complexity index is 1130. The first-order valence-corrected chi connectivity index (χ1v) is 11.2. The van der Waals surface area contributed by atoms with Crippen LogP contribution in [0.25, 0.3) is 10.6 Å². The number of nitrogens with zero attached hydrogens (tertiary/aromatic N) is 4. The van der Waals surface area contributed by atoms with Crippen molar-refractivity contribution in [1.29, 1.82) is 0 Å². The number of benzene rings is 1. The van der Waals surface area contributed by atoms with Crippen molar-refractivity contribution in [2.45, 2.75) is 26.6 Å². The van der Waals surface area contributed by atoms with E-state index in [-0.39, 0.29) is 5.69 Å². The van der Waals surface area contributed by atoms with Gasteiger partial charge < -0.3 is 15.5 Å². The maximum atomic E-state index is 12.3. The summed E-state index contributed by atoms with van der Waals surface area (Å²) in [4.78, 5) is 25.8. The fourth-order valence-electron chi connectivity index (χ4n) is 2.63. The zero-order valence-electron chi connectivity index (χ0n) is 15.7. The van der Waals surface area contributed by atoms with E-state index in [1.807, 2.05) is 35.7 Å². The second kappa shape index (κ2) is 9.39. The number of rotatable bonds is 8. The zero-order chi connectivity index (χ0) is 20.9. The van der Waals surface area contributed by atoms with E-state index in [0.29, 0.717) is 21.7 Å². The summed E-state index contributed by atoms with van der Waals surface area (Å²) >= 11 is 4.17. The van der Waals surface area contributed by atoms with Gasteiger partial charge in [-0.2, -0.15) is 0 Å². The Morgan fingerprint density at radius 3 is 2.73 bits per heavy atom. The van der Waals surface area contributed by atoms with E-state index in [4.69, 9.17) is 10.5 Å². The number of carbonyl (C=O) groups is 1. The first kappa shape index (κ1) is 20.5. The van der Waals surface area contributed by atoms with E-state index in [1.165, 1.54) is 41.2 Å². The lowest BCUT2D eigenvalue weighted by Gasteiger charge is -2.13. The van der Waals surface area contributed by atoms with Crippen LogP contribution in [0.3, 0.4) is 0 Å². The molecular formula is C19H16N6O2S3. The number of H-pyrrole nitrogens is 1. The normalized spacial score (nSPS) is 11.0. The van der Waals surface area contributed by atoms with E-state index in [9.17, 15) is 4.79 Å². The highest BCUT2D eigenvalue weighted by molar-refractivity contribution is 7.99. The number of aromatic nitrogens is 5. The molecule has 4 rings (SSSR count). The Kier molecular flexibility index (Phi) is 6.43. The lowest BCUT2D eigenvalue weighted by molar-refractivity contribution is 0.0992. The van der Waals surface area contributed by atoms with Gasteiger partial charge in [0.1, 0.15) is 22.1 Å². The minimum atomic E-state index is -0.605. The summed E-state index contributed by atoms with van der Waals surface area (Å²) in [5, 5.41) is 11.5. The average Bonchev–Trinajstić information content (AvgIpc) is 3.44. The third-order valence-electron chi connectivity index (χ3n) is 3.90. The lowest BCUT2D eigenvalue weighted by atomic mass is 10.2. The SMILES string of the molecule is COCc1ccc(Sc2c(-c3nccs3)cc(Sc3nnc[nH]3)nc2C(N)=O)cc1. The number of methoxy groups -OCH3 is 1. The standard InChI is InChI=1S/C19H16N6O2S3/c1-27-9-11-2-4-12(5-3-11)29-16-13(18-21-6-7-28-18)8-14(24-15(16)17(20)26)30-19-22-10-23-25-19/h2-8,10H,9H2,1H3,(H2,20,26)(H,22,23,25). The minimum absolute atomic E-state index is 0.190. The van der Waals surface area contributed by atoms with Gasteiger partial charge in [-0.15, -0.1) is 21.5 Å². The number of hydrogen-bond acceptors (Lipinski definition) is 9. The number of aromatic amines is 1. The molecular weight excluding hydrogens is 440 g/mol. The van der Waals surface area contributed by atoms with Crippen molar-refractivity contribution in [3.63, 3.8) is 0 Å². The van der Waals surface area contributed by atoms with Crippen LogP contribution in [-0.2, 0) is 11.3 Å². The quantitative estimate of drug-likeness (QED) is 0.410. The number of pyridine rings is 1. The number of nitrogens with one attached hydrogen (secondary N) is 1. The van der Waals surface area contributed by atoms with E-state index in [0.717, 1.165) is 21.0 Å². The predicted molar refractivity (Wildman–Crippen MR) is 116 cm³/mol. The molecule has 0 saturated heterocycles. The van der Waals surface area contributed by atoms with Crippen LogP contribution in [0, 0.1) is 0 Å². The van der Waals surface area contributed by atoms with E-state index >= 15 is 0 Å². The van der Waals surface area contributed by atoms with Gasteiger partial charge in [0.05, 0.1) is 11.5 Å². The van der Waals surface area contributed by atoms with E-state index in [1.54, 1.807) is 13.3 Å². The predicted octanol–water partition coefficient (Wildman–Crippen LogP) is 3.87. The molecule has 0 fully saturated rings. The van der Waals surface area contributed by atoms with Gasteiger partial charge in [0, 0.05) is 29.1 Å². The fraction of sp³-hybridized carbons (Fsp3) is 0.105. The summed E-state index contributed by atoms with van der Waals surface area (Å²) in [6.07, 6.45) is 3.21. The molecule has 0 saturated carbocycles. The van der Waals surface area contributed by atoms with Crippen LogP contribution in [0.15, 0.2) is 68.2 Å². The topological polar surface area (TPSA) is 120 Å². The molecule has 0 aliphatic rings. The molecule has 1 aromatic carbocycles. The smallest absolute Gasteiger partial charge is 0.268 e. The van der Waals surface area contributed by atoms with Crippen molar-refractivity contribution >= 4 is 40.8 Å². The van der Waals surface area contributed by atoms with Crippen molar-refractivity contribution in [3.05, 3.63) is 59.5 Å². The van der Waals surface area contributed by atoms with Gasteiger partial charge in [0.2, 0.25) is 0 Å². The first-order valence-electron chi connectivity index (χ1n) is 8.68. The van der Waals surface area contributed by atoms with Gasteiger partial charge in [-0.25, -0.2) is 9.97 Å². The molecule has 0 aliphatic heterocycles. The van der Waals surface area contributed by atoms with Crippen molar-refractivity contribution in [2.75, 3.05) is 7.11 Å². The highest BCUT2D eigenvalue weighted by Crippen LogP contribution is 2.41. The molecule has 0 spiro atoms. The molecule has 11 heteroatoms. The molecule has 8 nitrogen and oxygen atoms in total. The third-order valence-corrected chi connectivity index (χ3v) is 6.64. The molecule has 1 amide bonds. The van der Waals surface area contributed by atoms with Crippen molar-refractivity contribution < 1.29 is 9.53 Å². The van der Waals surface area contributed by atoms with Gasteiger partial charge in [-0.1, -0.05) is 23.9 Å². The van der Waals surface area contributed by atoms with Crippen molar-refractivity contribution in [2.24, 2.45) is 5.73 Å². The Morgan fingerprint density at radius 2 is 2.10 bits per heavy atom. The Labute approximate surface area is 184 Å². The minimum Gasteiger partial charge on any atom is -0.380 e. The monoisotopic (exact) mass is 456 g/mol. The number of ether oxygens (including phenoxy) is 1. The van der Waals surface area contributed by atoms with Gasteiger partial charge in [-0.3, -0.25) is 4.79 Å². The Hall–Kier alpha value is -2.73. The Balaban J connectivity index is 1.77. The van der Waals surface area contributed by atoms with Crippen LogP contribution >= 0.6 is 34.9 Å². The summed E-state index contributed by atoms with van der Waals surface area (Å²) < 4.78 is 5.16. The third kappa shape index (κ3) is 4.70. The number of hydrogen-bond donors (Lipinski definition) is 2. The maximum absolute atomic E-state index is 12.3. The molecule has 0 unspecified atom stereocenters. The van der Waals surface area contributed by atoms with Gasteiger partial charge in [0.15, 0.2) is 5.16 Å². The number of nitrogens with two attached hydrogens (primary N) is 1.